The molecule has 12 heavy (non-hydrogen) atoms. The van der Waals surface area contributed by atoms with Crippen LogP contribution >= 0.6 is 0 Å². The molecule has 74 valence electrons. The van der Waals surface area contributed by atoms with Gasteiger partial charge in [-0.3, -0.25) is 5.32 Å². The monoisotopic (exact) mass is 173 g/mol. The predicted octanol–water partition coefficient (Wildman–Crippen LogP) is 2.27. The second kappa shape index (κ2) is 9.01. The first-order chi connectivity index (χ1) is 5.81. The molecule has 0 aromatic rings. The molecule has 2 heteroatoms. The highest BCUT2D eigenvalue weighted by molar-refractivity contribution is 4.53. The van der Waals surface area contributed by atoms with Crippen LogP contribution in [0.3, 0.4) is 0 Å². The summed E-state index contributed by atoms with van der Waals surface area (Å²) in [5.74, 6) is 0. The number of nitrogens with one attached hydrogen (secondary N) is 1. The van der Waals surface area contributed by atoms with Gasteiger partial charge in [0.2, 0.25) is 0 Å². The fraction of sp³-hybridized carbons (Fsp3) is 1.00. The van der Waals surface area contributed by atoms with Gasteiger partial charge in [0.1, 0.15) is 6.23 Å². The molecule has 0 aliphatic heterocycles. The maximum absolute atomic E-state index is 9.37. The van der Waals surface area contributed by atoms with Crippen LogP contribution in [0.1, 0.15) is 52.4 Å². The highest BCUT2D eigenvalue weighted by Crippen LogP contribution is 2.03. The van der Waals surface area contributed by atoms with E-state index in [1.807, 2.05) is 0 Å². The number of rotatable bonds is 8. The van der Waals surface area contributed by atoms with Gasteiger partial charge in [-0.15, -0.1) is 0 Å². The van der Waals surface area contributed by atoms with Gasteiger partial charge in [-0.1, -0.05) is 33.1 Å². The van der Waals surface area contributed by atoms with Crippen LogP contribution in [0, 0.1) is 0 Å². The first kappa shape index (κ1) is 11.9. The van der Waals surface area contributed by atoms with Crippen molar-refractivity contribution >= 4 is 0 Å². The highest BCUT2D eigenvalue weighted by atomic mass is 16.3. The molecule has 0 radical (unpaired) electrons. The van der Waals surface area contributed by atoms with E-state index in [1.165, 1.54) is 19.3 Å². The summed E-state index contributed by atoms with van der Waals surface area (Å²) in [5, 5.41) is 12.4. The SMILES string of the molecule is CCCCCCC(O)NCCC. The standard InChI is InChI=1S/C10H23NO/c1-3-5-6-7-8-10(12)11-9-4-2/h10-12H,3-9H2,1-2H3. The van der Waals surface area contributed by atoms with E-state index < -0.39 is 0 Å². The molecule has 0 rings (SSSR count). The fourth-order valence-corrected chi connectivity index (χ4v) is 1.18. The van der Waals surface area contributed by atoms with E-state index in [1.54, 1.807) is 0 Å². The van der Waals surface area contributed by atoms with Crippen LogP contribution in [0.4, 0.5) is 0 Å². The van der Waals surface area contributed by atoms with E-state index in [-0.39, 0.29) is 6.23 Å². The Balaban J connectivity index is 3.02. The van der Waals surface area contributed by atoms with Gasteiger partial charge in [-0.25, -0.2) is 0 Å². The molecule has 0 aliphatic carbocycles. The zero-order valence-corrected chi connectivity index (χ0v) is 8.47. The van der Waals surface area contributed by atoms with E-state index in [0.29, 0.717) is 0 Å². The number of aliphatic hydroxyl groups is 1. The second-order valence-electron chi connectivity index (χ2n) is 3.32. The molecule has 0 saturated heterocycles. The lowest BCUT2D eigenvalue weighted by Gasteiger charge is -2.11. The molecule has 1 atom stereocenters. The molecule has 0 fully saturated rings. The van der Waals surface area contributed by atoms with Gasteiger partial charge in [0.25, 0.3) is 0 Å². The van der Waals surface area contributed by atoms with Crippen LogP contribution in [-0.4, -0.2) is 17.9 Å². The van der Waals surface area contributed by atoms with Crippen molar-refractivity contribution in [3.8, 4) is 0 Å². The summed E-state index contributed by atoms with van der Waals surface area (Å²) < 4.78 is 0. The highest BCUT2D eigenvalue weighted by Gasteiger charge is 2.00. The van der Waals surface area contributed by atoms with Crippen LogP contribution in [0.5, 0.6) is 0 Å². The molecule has 0 saturated carbocycles. The van der Waals surface area contributed by atoms with Crippen molar-refractivity contribution in [3.05, 3.63) is 0 Å². The van der Waals surface area contributed by atoms with Gasteiger partial charge in [0, 0.05) is 0 Å². The van der Waals surface area contributed by atoms with Crippen LogP contribution in [0.25, 0.3) is 0 Å². The summed E-state index contributed by atoms with van der Waals surface area (Å²) in [6.45, 7) is 5.23. The van der Waals surface area contributed by atoms with Crippen molar-refractivity contribution in [3.63, 3.8) is 0 Å². The maximum Gasteiger partial charge on any atom is 0.104 e. The van der Waals surface area contributed by atoms with E-state index in [0.717, 1.165) is 25.8 Å². The van der Waals surface area contributed by atoms with Crippen molar-refractivity contribution in [1.29, 1.82) is 0 Å². The van der Waals surface area contributed by atoms with Gasteiger partial charge < -0.3 is 5.11 Å². The van der Waals surface area contributed by atoms with Crippen molar-refractivity contribution in [1.82, 2.24) is 5.32 Å². The summed E-state index contributed by atoms with van der Waals surface area (Å²) in [4.78, 5) is 0. The first-order valence-corrected chi connectivity index (χ1v) is 5.22. The van der Waals surface area contributed by atoms with Crippen LogP contribution in [0.2, 0.25) is 0 Å². The average Bonchev–Trinajstić information content (AvgIpc) is 2.09. The summed E-state index contributed by atoms with van der Waals surface area (Å²) in [6.07, 6.45) is 6.67. The quantitative estimate of drug-likeness (QED) is 0.436. The van der Waals surface area contributed by atoms with Crippen molar-refractivity contribution in [2.45, 2.75) is 58.6 Å². The lowest BCUT2D eigenvalue weighted by Crippen LogP contribution is -2.29. The third-order valence-electron chi connectivity index (χ3n) is 1.96. The van der Waals surface area contributed by atoms with Crippen molar-refractivity contribution in [2.24, 2.45) is 0 Å². The Kier molecular flexibility index (Phi) is 8.95. The topological polar surface area (TPSA) is 32.3 Å². The molecule has 0 heterocycles. The van der Waals surface area contributed by atoms with Gasteiger partial charge >= 0.3 is 0 Å². The lowest BCUT2D eigenvalue weighted by molar-refractivity contribution is 0.125. The average molecular weight is 173 g/mol. The molecular weight excluding hydrogens is 150 g/mol. The minimum absolute atomic E-state index is 0.276. The van der Waals surface area contributed by atoms with Gasteiger partial charge in [0.15, 0.2) is 0 Å². The lowest BCUT2D eigenvalue weighted by atomic mass is 10.1. The van der Waals surface area contributed by atoms with E-state index >= 15 is 0 Å². The van der Waals surface area contributed by atoms with Crippen LogP contribution in [0.15, 0.2) is 0 Å². The third kappa shape index (κ3) is 8.02. The van der Waals surface area contributed by atoms with E-state index in [4.69, 9.17) is 0 Å². The Morgan fingerprint density at radius 3 is 2.42 bits per heavy atom. The molecule has 0 spiro atoms. The molecule has 2 nitrogen and oxygen atoms in total. The Morgan fingerprint density at radius 2 is 1.83 bits per heavy atom. The number of aliphatic hydroxyl groups excluding tert-OH is 1. The number of unbranched alkanes of at least 4 members (excludes halogenated alkanes) is 3. The Labute approximate surface area is 76.4 Å². The van der Waals surface area contributed by atoms with Crippen LogP contribution < -0.4 is 5.32 Å². The minimum Gasteiger partial charge on any atom is -0.379 e. The minimum atomic E-state index is -0.276. The number of hydrogen-bond donors (Lipinski definition) is 2. The Bertz CT molecular complexity index is 85.9. The third-order valence-corrected chi connectivity index (χ3v) is 1.96. The van der Waals surface area contributed by atoms with Crippen molar-refractivity contribution in [2.75, 3.05) is 6.54 Å². The molecule has 0 aliphatic rings. The zero-order chi connectivity index (χ0) is 9.23. The van der Waals surface area contributed by atoms with E-state index in [2.05, 4.69) is 19.2 Å². The molecule has 1 unspecified atom stereocenters. The van der Waals surface area contributed by atoms with E-state index in [9.17, 15) is 5.11 Å². The van der Waals surface area contributed by atoms with Gasteiger partial charge in [0.05, 0.1) is 0 Å². The Morgan fingerprint density at radius 1 is 1.08 bits per heavy atom. The number of hydrogen-bond acceptors (Lipinski definition) is 2. The van der Waals surface area contributed by atoms with Crippen molar-refractivity contribution < 1.29 is 5.11 Å². The fourth-order valence-electron chi connectivity index (χ4n) is 1.18. The van der Waals surface area contributed by atoms with Gasteiger partial charge in [-0.2, -0.15) is 0 Å². The van der Waals surface area contributed by atoms with Crippen LogP contribution in [-0.2, 0) is 0 Å². The second-order valence-corrected chi connectivity index (χ2v) is 3.32. The molecule has 0 aromatic heterocycles. The largest absolute Gasteiger partial charge is 0.379 e. The predicted molar refractivity (Wildman–Crippen MR) is 53.1 cm³/mol. The Hall–Kier alpha value is -0.0800. The summed E-state index contributed by atoms with van der Waals surface area (Å²) in [5.41, 5.74) is 0. The normalized spacial score (nSPS) is 13.2. The summed E-state index contributed by atoms with van der Waals surface area (Å²) in [6, 6.07) is 0. The summed E-state index contributed by atoms with van der Waals surface area (Å²) >= 11 is 0. The zero-order valence-electron chi connectivity index (χ0n) is 8.47. The first-order valence-electron chi connectivity index (χ1n) is 5.22. The smallest absolute Gasteiger partial charge is 0.104 e. The molecule has 0 bridgehead atoms. The maximum atomic E-state index is 9.37. The van der Waals surface area contributed by atoms with Gasteiger partial charge in [-0.05, 0) is 25.8 Å². The summed E-state index contributed by atoms with van der Waals surface area (Å²) in [7, 11) is 0. The molecule has 0 amide bonds. The molecule has 2 N–H and O–H groups in total. The molecular formula is C10H23NO. The molecule has 0 aromatic carbocycles.